The highest BCUT2D eigenvalue weighted by atomic mass is 79.9. The molecule has 0 aliphatic carbocycles. The van der Waals surface area contributed by atoms with E-state index in [1.807, 2.05) is 12.4 Å². The molecule has 1 aliphatic heterocycles. The van der Waals surface area contributed by atoms with Crippen LogP contribution in [0.2, 0.25) is 0 Å². The van der Waals surface area contributed by atoms with Gasteiger partial charge in [-0.3, -0.25) is 0 Å². The van der Waals surface area contributed by atoms with Crippen molar-refractivity contribution in [1.29, 1.82) is 0 Å². The summed E-state index contributed by atoms with van der Waals surface area (Å²) in [5, 5.41) is 0. The summed E-state index contributed by atoms with van der Waals surface area (Å²) in [7, 11) is 0. The molecule has 4 heteroatoms. The van der Waals surface area contributed by atoms with Crippen LogP contribution in [0.15, 0.2) is 16.9 Å². The average Bonchev–Trinajstić information content (AvgIpc) is 2.20. The van der Waals surface area contributed by atoms with Crippen molar-refractivity contribution < 1.29 is 0 Å². The second kappa shape index (κ2) is 4.47. The Morgan fingerprint density at radius 3 is 2.60 bits per heavy atom. The summed E-state index contributed by atoms with van der Waals surface area (Å²) in [5.41, 5.74) is 0. The lowest BCUT2D eigenvalue weighted by Crippen LogP contribution is -2.41. The molecule has 0 radical (unpaired) electrons. The van der Waals surface area contributed by atoms with Gasteiger partial charge in [0, 0.05) is 25.0 Å². The Morgan fingerprint density at radius 1 is 1.33 bits per heavy atom. The Bertz CT molecular complexity index is 325. The minimum Gasteiger partial charge on any atom is -0.338 e. The van der Waals surface area contributed by atoms with Crippen LogP contribution in [0.25, 0.3) is 0 Å². The molecular formula is C11H16BrN3. The van der Waals surface area contributed by atoms with Crippen molar-refractivity contribution in [2.45, 2.75) is 32.7 Å². The van der Waals surface area contributed by atoms with Gasteiger partial charge in [0.2, 0.25) is 5.95 Å². The standard InChI is InChI=1S/C11H16BrN3/c1-8-3-4-15(9(2)5-8)11-13-6-10(12)7-14-11/h6-9H,3-5H2,1-2H3. The van der Waals surface area contributed by atoms with Crippen LogP contribution in [-0.2, 0) is 0 Å². The molecule has 1 fully saturated rings. The molecule has 82 valence electrons. The molecular weight excluding hydrogens is 254 g/mol. The van der Waals surface area contributed by atoms with E-state index in [2.05, 4.69) is 44.6 Å². The summed E-state index contributed by atoms with van der Waals surface area (Å²) in [5.74, 6) is 1.68. The summed E-state index contributed by atoms with van der Waals surface area (Å²) >= 11 is 3.35. The highest BCUT2D eigenvalue weighted by Gasteiger charge is 2.24. The van der Waals surface area contributed by atoms with Crippen LogP contribution >= 0.6 is 15.9 Å². The molecule has 0 amide bonds. The first-order chi connectivity index (χ1) is 7.16. The lowest BCUT2D eigenvalue weighted by atomic mass is 9.94. The first kappa shape index (κ1) is 10.9. The fourth-order valence-electron chi connectivity index (χ4n) is 2.16. The predicted octanol–water partition coefficient (Wildman–Crippen LogP) is 2.86. The van der Waals surface area contributed by atoms with Crippen molar-refractivity contribution in [3.63, 3.8) is 0 Å². The van der Waals surface area contributed by atoms with Gasteiger partial charge in [-0.1, -0.05) is 6.92 Å². The summed E-state index contributed by atoms with van der Waals surface area (Å²) < 4.78 is 0.935. The highest BCUT2D eigenvalue weighted by molar-refractivity contribution is 9.10. The Kier molecular flexibility index (Phi) is 3.24. The molecule has 0 N–H and O–H groups in total. The van der Waals surface area contributed by atoms with Crippen molar-refractivity contribution in [2.75, 3.05) is 11.4 Å². The maximum atomic E-state index is 4.35. The minimum absolute atomic E-state index is 0.551. The Morgan fingerprint density at radius 2 is 2.00 bits per heavy atom. The fourth-order valence-corrected chi connectivity index (χ4v) is 2.36. The van der Waals surface area contributed by atoms with Gasteiger partial charge < -0.3 is 4.90 Å². The molecule has 0 aromatic carbocycles. The fraction of sp³-hybridized carbons (Fsp3) is 0.636. The summed E-state index contributed by atoms with van der Waals surface area (Å²) in [6.07, 6.45) is 6.10. The van der Waals surface area contributed by atoms with Gasteiger partial charge in [0.25, 0.3) is 0 Å². The molecule has 2 atom stereocenters. The van der Waals surface area contributed by atoms with E-state index in [0.29, 0.717) is 6.04 Å². The Hall–Kier alpha value is -0.640. The molecule has 1 saturated heterocycles. The molecule has 0 spiro atoms. The maximum absolute atomic E-state index is 4.35. The van der Waals surface area contributed by atoms with E-state index in [-0.39, 0.29) is 0 Å². The van der Waals surface area contributed by atoms with Crippen molar-refractivity contribution in [2.24, 2.45) is 5.92 Å². The molecule has 2 unspecified atom stereocenters. The van der Waals surface area contributed by atoms with Gasteiger partial charge in [-0.15, -0.1) is 0 Å². The van der Waals surface area contributed by atoms with Crippen LogP contribution in [0.1, 0.15) is 26.7 Å². The van der Waals surface area contributed by atoms with E-state index in [4.69, 9.17) is 0 Å². The highest BCUT2D eigenvalue weighted by Crippen LogP contribution is 2.25. The van der Waals surface area contributed by atoms with Gasteiger partial charge in [0.1, 0.15) is 0 Å². The van der Waals surface area contributed by atoms with Gasteiger partial charge in [-0.05, 0) is 41.6 Å². The van der Waals surface area contributed by atoms with Gasteiger partial charge in [-0.25, -0.2) is 9.97 Å². The predicted molar refractivity (Wildman–Crippen MR) is 64.9 cm³/mol. The minimum atomic E-state index is 0.551. The van der Waals surface area contributed by atoms with Crippen LogP contribution in [0, 0.1) is 5.92 Å². The van der Waals surface area contributed by atoms with Gasteiger partial charge >= 0.3 is 0 Å². The third-order valence-corrected chi connectivity index (χ3v) is 3.41. The first-order valence-corrected chi connectivity index (χ1v) is 6.20. The van der Waals surface area contributed by atoms with Gasteiger partial charge in [0.05, 0.1) is 4.47 Å². The largest absolute Gasteiger partial charge is 0.338 e. The summed E-state index contributed by atoms with van der Waals surface area (Å²) in [4.78, 5) is 11.0. The van der Waals surface area contributed by atoms with E-state index >= 15 is 0 Å². The molecule has 1 aromatic heterocycles. The average molecular weight is 270 g/mol. The van der Waals surface area contributed by atoms with E-state index in [9.17, 15) is 0 Å². The molecule has 15 heavy (non-hydrogen) atoms. The quantitative estimate of drug-likeness (QED) is 0.785. The van der Waals surface area contributed by atoms with Crippen LogP contribution in [-0.4, -0.2) is 22.6 Å². The number of hydrogen-bond acceptors (Lipinski definition) is 3. The molecule has 2 rings (SSSR count). The van der Waals surface area contributed by atoms with E-state index in [0.717, 1.165) is 22.9 Å². The number of piperidine rings is 1. The van der Waals surface area contributed by atoms with Crippen LogP contribution < -0.4 is 4.90 Å². The zero-order valence-electron chi connectivity index (χ0n) is 9.15. The van der Waals surface area contributed by atoms with Crippen LogP contribution in [0.4, 0.5) is 5.95 Å². The van der Waals surface area contributed by atoms with Crippen molar-refractivity contribution in [3.8, 4) is 0 Å². The molecule has 1 aliphatic rings. The van der Waals surface area contributed by atoms with E-state index in [1.165, 1.54) is 12.8 Å². The number of rotatable bonds is 1. The Balaban J connectivity index is 2.13. The molecule has 2 heterocycles. The second-order valence-corrected chi connectivity index (χ2v) is 5.29. The lowest BCUT2D eigenvalue weighted by molar-refractivity contribution is 0.374. The number of aromatic nitrogens is 2. The van der Waals surface area contributed by atoms with Crippen molar-refractivity contribution in [3.05, 3.63) is 16.9 Å². The summed E-state index contributed by atoms with van der Waals surface area (Å²) in [6, 6.07) is 0.551. The third-order valence-electron chi connectivity index (χ3n) is 3.00. The normalized spacial score (nSPS) is 26.7. The van der Waals surface area contributed by atoms with E-state index < -0.39 is 0 Å². The maximum Gasteiger partial charge on any atom is 0.225 e. The van der Waals surface area contributed by atoms with Gasteiger partial charge in [-0.2, -0.15) is 0 Å². The SMILES string of the molecule is CC1CCN(c2ncc(Br)cn2)C(C)C1. The van der Waals surface area contributed by atoms with E-state index in [1.54, 1.807) is 0 Å². The van der Waals surface area contributed by atoms with Crippen molar-refractivity contribution >= 4 is 21.9 Å². The monoisotopic (exact) mass is 269 g/mol. The number of nitrogens with zero attached hydrogens (tertiary/aromatic N) is 3. The second-order valence-electron chi connectivity index (χ2n) is 4.37. The van der Waals surface area contributed by atoms with Crippen LogP contribution in [0.3, 0.4) is 0 Å². The smallest absolute Gasteiger partial charge is 0.225 e. The third kappa shape index (κ3) is 2.48. The first-order valence-electron chi connectivity index (χ1n) is 5.41. The van der Waals surface area contributed by atoms with Crippen molar-refractivity contribution in [1.82, 2.24) is 9.97 Å². The topological polar surface area (TPSA) is 29.0 Å². The molecule has 0 saturated carbocycles. The number of halogens is 1. The molecule has 3 nitrogen and oxygen atoms in total. The number of anilines is 1. The Labute approximate surface area is 99.0 Å². The molecule has 1 aromatic rings. The van der Waals surface area contributed by atoms with Crippen LogP contribution in [0.5, 0.6) is 0 Å². The zero-order chi connectivity index (χ0) is 10.8. The molecule has 0 bridgehead atoms. The zero-order valence-corrected chi connectivity index (χ0v) is 10.7. The van der Waals surface area contributed by atoms with Gasteiger partial charge in [0.15, 0.2) is 0 Å². The number of hydrogen-bond donors (Lipinski definition) is 0. The summed E-state index contributed by atoms with van der Waals surface area (Å²) in [6.45, 7) is 5.64. The lowest BCUT2D eigenvalue weighted by Gasteiger charge is -2.36.